The summed E-state index contributed by atoms with van der Waals surface area (Å²) in [5, 5.41) is 8.07. The van der Waals surface area contributed by atoms with E-state index in [9.17, 15) is 0 Å². The normalized spacial score (nSPS) is 13.0. The fraction of sp³-hybridized carbons (Fsp3) is 0.385. The van der Waals surface area contributed by atoms with Gasteiger partial charge in [-0.2, -0.15) is 0 Å². The molecule has 4 nitrogen and oxygen atoms in total. The summed E-state index contributed by atoms with van der Waals surface area (Å²) in [6.45, 7) is 6.08. The molecule has 0 spiro atoms. The highest BCUT2D eigenvalue weighted by atomic mass is 16.4. The number of nitrogens with two attached hydrogens (primary N) is 1. The van der Waals surface area contributed by atoms with Gasteiger partial charge in [0.2, 0.25) is 11.8 Å². The molecule has 1 heterocycles. The van der Waals surface area contributed by atoms with Crippen molar-refractivity contribution in [1.82, 2.24) is 10.2 Å². The summed E-state index contributed by atoms with van der Waals surface area (Å²) in [7, 11) is 0. The lowest BCUT2D eigenvalue weighted by Crippen LogP contribution is -2.16. The van der Waals surface area contributed by atoms with E-state index in [1.807, 2.05) is 45.0 Å². The molecule has 0 saturated heterocycles. The zero-order valence-electron chi connectivity index (χ0n) is 10.3. The minimum Gasteiger partial charge on any atom is -0.419 e. The maximum atomic E-state index is 5.97. The van der Waals surface area contributed by atoms with Crippen molar-refractivity contribution in [2.75, 3.05) is 0 Å². The van der Waals surface area contributed by atoms with E-state index in [4.69, 9.17) is 10.2 Å². The first kappa shape index (κ1) is 11.8. The van der Waals surface area contributed by atoms with E-state index in [0.717, 1.165) is 11.1 Å². The van der Waals surface area contributed by atoms with Gasteiger partial charge in [-0.25, -0.2) is 0 Å². The minimum atomic E-state index is -0.208. The molecule has 90 valence electrons. The lowest BCUT2D eigenvalue weighted by Gasteiger charge is -2.09. The second-order valence-corrected chi connectivity index (χ2v) is 4.53. The SMILES string of the molecule is Cc1ccccc1-c1nnc(C(N)C(C)C)o1. The Labute approximate surface area is 101 Å². The Balaban J connectivity index is 2.34. The Kier molecular flexibility index (Phi) is 3.24. The standard InChI is InChI=1S/C13H17N3O/c1-8(2)11(14)13-16-15-12(17-13)10-7-5-4-6-9(10)3/h4-8,11H,14H2,1-3H3. The second-order valence-electron chi connectivity index (χ2n) is 4.53. The minimum absolute atomic E-state index is 0.208. The molecule has 0 saturated carbocycles. The summed E-state index contributed by atoms with van der Waals surface area (Å²) >= 11 is 0. The highest BCUT2D eigenvalue weighted by Crippen LogP contribution is 2.25. The van der Waals surface area contributed by atoms with Crippen LogP contribution in [-0.4, -0.2) is 10.2 Å². The van der Waals surface area contributed by atoms with E-state index in [-0.39, 0.29) is 12.0 Å². The monoisotopic (exact) mass is 231 g/mol. The van der Waals surface area contributed by atoms with Crippen LogP contribution in [0.1, 0.15) is 31.3 Å². The van der Waals surface area contributed by atoms with Crippen molar-refractivity contribution in [3.05, 3.63) is 35.7 Å². The molecule has 17 heavy (non-hydrogen) atoms. The van der Waals surface area contributed by atoms with Gasteiger partial charge >= 0.3 is 0 Å². The van der Waals surface area contributed by atoms with E-state index in [1.54, 1.807) is 0 Å². The van der Waals surface area contributed by atoms with Crippen molar-refractivity contribution in [3.8, 4) is 11.5 Å². The molecule has 0 amide bonds. The Morgan fingerprint density at radius 2 is 1.88 bits per heavy atom. The number of hydrogen-bond acceptors (Lipinski definition) is 4. The molecule has 0 bridgehead atoms. The highest BCUT2D eigenvalue weighted by Gasteiger charge is 2.18. The third-order valence-corrected chi connectivity index (χ3v) is 2.82. The predicted octanol–water partition coefficient (Wildman–Crippen LogP) is 2.70. The molecule has 2 rings (SSSR count). The van der Waals surface area contributed by atoms with Crippen LogP contribution >= 0.6 is 0 Å². The average molecular weight is 231 g/mol. The van der Waals surface area contributed by atoms with Gasteiger partial charge in [-0.05, 0) is 24.5 Å². The van der Waals surface area contributed by atoms with Gasteiger partial charge in [0.15, 0.2) is 0 Å². The van der Waals surface area contributed by atoms with Crippen molar-refractivity contribution in [1.29, 1.82) is 0 Å². The van der Waals surface area contributed by atoms with Crippen LogP contribution in [0.15, 0.2) is 28.7 Å². The van der Waals surface area contributed by atoms with Crippen molar-refractivity contribution < 1.29 is 4.42 Å². The number of aryl methyl sites for hydroxylation is 1. The van der Waals surface area contributed by atoms with Gasteiger partial charge in [0.05, 0.1) is 6.04 Å². The third kappa shape index (κ3) is 2.36. The number of benzene rings is 1. The number of aromatic nitrogens is 2. The van der Waals surface area contributed by atoms with Crippen LogP contribution in [0.5, 0.6) is 0 Å². The summed E-state index contributed by atoms with van der Waals surface area (Å²) in [6.07, 6.45) is 0. The first-order chi connectivity index (χ1) is 8.09. The molecule has 1 unspecified atom stereocenters. The predicted molar refractivity (Wildman–Crippen MR) is 66.2 cm³/mol. The van der Waals surface area contributed by atoms with Gasteiger partial charge < -0.3 is 10.2 Å². The quantitative estimate of drug-likeness (QED) is 0.882. The first-order valence-corrected chi connectivity index (χ1v) is 5.74. The molecule has 0 fully saturated rings. The molecule has 0 radical (unpaired) electrons. The van der Waals surface area contributed by atoms with Crippen molar-refractivity contribution in [2.24, 2.45) is 11.7 Å². The zero-order chi connectivity index (χ0) is 12.4. The fourth-order valence-electron chi connectivity index (χ4n) is 1.58. The largest absolute Gasteiger partial charge is 0.419 e. The zero-order valence-corrected chi connectivity index (χ0v) is 10.3. The van der Waals surface area contributed by atoms with E-state index in [1.165, 1.54) is 0 Å². The van der Waals surface area contributed by atoms with Gasteiger partial charge in [0.25, 0.3) is 0 Å². The van der Waals surface area contributed by atoms with Crippen molar-refractivity contribution in [2.45, 2.75) is 26.8 Å². The van der Waals surface area contributed by atoms with Crippen LogP contribution < -0.4 is 5.73 Å². The maximum absolute atomic E-state index is 5.97. The van der Waals surface area contributed by atoms with Gasteiger partial charge in [0, 0.05) is 5.56 Å². The van der Waals surface area contributed by atoms with E-state index >= 15 is 0 Å². The van der Waals surface area contributed by atoms with Crippen molar-refractivity contribution in [3.63, 3.8) is 0 Å². The lowest BCUT2D eigenvalue weighted by atomic mass is 10.1. The van der Waals surface area contributed by atoms with Crippen LogP contribution in [0.25, 0.3) is 11.5 Å². The highest BCUT2D eigenvalue weighted by molar-refractivity contribution is 5.57. The summed E-state index contributed by atoms with van der Waals surface area (Å²) in [5.74, 6) is 1.31. The molecule has 0 aliphatic carbocycles. The van der Waals surface area contributed by atoms with Gasteiger partial charge in [-0.15, -0.1) is 10.2 Å². The molecule has 2 aromatic rings. The van der Waals surface area contributed by atoms with Gasteiger partial charge in [-0.3, -0.25) is 0 Å². The Hall–Kier alpha value is -1.68. The lowest BCUT2D eigenvalue weighted by molar-refractivity contribution is 0.394. The maximum Gasteiger partial charge on any atom is 0.248 e. The van der Waals surface area contributed by atoms with Gasteiger partial charge in [-0.1, -0.05) is 32.0 Å². The molecule has 1 aromatic carbocycles. The summed E-state index contributed by atoms with van der Waals surface area (Å²) < 4.78 is 5.63. The summed E-state index contributed by atoms with van der Waals surface area (Å²) in [6, 6.07) is 7.71. The Morgan fingerprint density at radius 1 is 1.18 bits per heavy atom. The molecule has 2 N–H and O–H groups in total. The fourth-order valence-corrected chi connectivity index (χ4v) is 1.58. The van der Waals surface area contributed by atoms with E-state index in [2.05, 4.69) is 10.2 Å². The number of hydrogen-bond donors (Lipinski definition) is 1. The van der Waals surface area contributed by atoms with Crippen LogP contribution in [0, 0.1) is 12.8 Å². The third-order valence-electron chi connectivity index (χ3n) is 2.82. The smallest absolute Gasteiger partial charge is 0.248 e. The molecule has 1 atom stereocenters. The van der Waals surface area contributed by atoms with E-state index in [0.29, 0.717) is 11.8 Å². The van der Waals surface area contributed by atoms with Crippen LogP contribution in [0.3, 0.4) is 0 Å². The number of rotatable bonds is 3. The van der Waals surface area contributed by atoms with Gasteiger partial charge in [0.1, 0.15) is 0 Å². The Bertz CT molecular complexity index is 505. The van der Waals surface area contributed by atoms with Crippen LogP contribution in [0.4, 0.5) is 0 Å². The van der Waals surface area contributed by atoms with Crippen LogP contribution in [0.2, 0.25) is 0 Å². The topological polar surface area (TPSA) is 64.9 Å². The molecule has 0 aliphatic heterocycles. The molecular formula is C13H17N3O. The average Bonchev–Trinajstić information content (AvgIpc) is 2.77. The van der Waals surface area contributed by atoms with Crippen molar-refractivity contribution >= 4 is 0 Å². The molecule has 4 heteroatoms. The van der Waals surface area contributed by atoms with E-state index < -0.39 is 0 Å². The summed E-state index contributed by atoms with van der Waals surface area (Å²) in [5.41, 5.74) is 8.04. The molecule has 0 aliphatic rings. The summed E-state index contributed by atoms with van der Waals surface area (Å²) in [4.78, 5) is 0. The van der Waals surface area contributed by atoms with Crippen LogP contribution in [-0.2, 0) is 0 Å². The second kappa shape index (κ2) is 4.67. The molecular weight excluding hydrogens is 214 g/mol. The first-order valence-electron chi connectivity index (χ1n) is 5.74. The molecule has 1 aromatic heterocycles. The number of nitrogens with zero attached hydrogens (tertiary/aromatic N) is 2. The Morgan fingerprint density at radius 3 is 2.53 bits per heavy atom.